The number of hydrogen-bond acceptors (Lipinski definition) is 6. The SMILES string of the molecule is O=C(COC(=O)CCc1cccs1)NNC(=O)COc1ccc(Cl)cc1. The molecule has 1 aromatic heterocycles. The van der Waals surface area contributed by atoms with E-state index in [2.05, 4.69) is 10.9 Å². The van der Waals surface area contributed by atoms with Crippen LogP contribution in [0.15, 0.2) is 41.8 Å². The highest BCUT2D eigenvalue weighted by molar-refractivity contribution is 7.09. The number of hydrazine groups is 1. The highest BCUT2D eigenvalue weighted by Crippen LogP contribution is 2.15. The second-order valence-corrected chi connectivity index (χ2v) is 6.55. The van der Waals surface area contributed by atoms with E-state index in [9.17, 15) is 14.4 Å². The summed E-state index contributed by atoms with van der Waals surface area (Å²) in [5.74, 6) is -1.21. The predicted molar refractivity (Wildman–Crippen MR) is 96.8 cm³/mol. The fourth-order valence-corrected chi connectivity index (χ4v) is 2.62. The summed E-state index contributed by atoms with van der Waals surface area (Å²) in [5, 5.41) is 2.48. The molecule has 138 valence electrons. The summed E-state index contributed by atoms with van der Waals surface area (Å²) in [6, 6.07) is 10.3. The standard InChI is InChI=1S/C17H17ClN2O5S/c18-12-3-5-13(6-4-12)24-10-15(21)19-20-16(22)11-25-17(23)8-7-14-2-1-9-26-14/h1-6,9H,7-8,10-11H2,(H,19,21)(H,20,22). The van der Waals surface area contributed by atoms with Gasteiger partial charge in [-0.15, -0.1) is 11.3 Å². The van der Waals surface area contributed by atoms with E-state index in [0.717, 1.165) is 4.88 Å². The minimum atomic E-state index is -0.644. The van der Waals surface area contributed by atoms with Crippen molar-refractivity contribution >= 4 is 40.7 Å². The van der Waals surface area contributed by atoms with E-state index in [0.29, 0.717) is 17.2 Å². The zero-order chi connectivity index (χ0) is 18.8. The van der Waals surface area contributed by atoms with Crippen molar-refractivity contribution in [2.45, 2.75) is 12.8 Å². The van der Waals surface area contributed by atoms with Crippen molar-refractivity contribution in [3.05, 3.63) is 51.7 Å². The molecule has 1 heterocycles. The Bertz CT molecular complexity index is 734. The average molecular weight is 397 g/mol. The first-order valence-corrected chi connectivity index (χ1v) is 8.93. The van der Waals surface area contributed by atoms with Gasteiger partial charge >= 0.3 is 5.97 Å². The molecule has 9 heteroatoms. The molecule has 2 amide bonds. The van der Waals surface area contributed by atoms with Crippen LogP contribution in [0.5, 0.6) is 5.75 Å². The number of ether oxygens (including phenoxy) is 2. The Hall–Kier alpha value is -2.58. The third-order valence-electron chi connectivity index (χ3n) is 3.04. The maximum absolute atomic E-state index is 11.6. The number of benzene rings is 1. The van der Waals surface area contributed by atoms with E-state index < -0.39 is 24.4 Å². The van der Waals surface area contributed by atoms with Gasteiger partial charge in [0.2, 0.25) is 0 Å². The van der Waals surface area contributed by atoms with Crippen molar-refractivity contribution in [2.24, 2.45) is 0 Å². The van der Waals surface area contributed by atoms with Crippen LogP contribution in [0, 0.1) is 0 Å². The van der Waals surface area contributed by atoms with Crippen LogP contribution in [0.25, 0.3) is 0 Å². The fraction of sp³-hybridized carbons (Fsp3) is 0.235. The van der Waals surface area contributed by atoms with Gasteiger partial charge in [-0.05, 0) is 42.1 Å². The normalized spacial score (nSPS) is 10.0. The molecule has 2 N–H and O–H groups in total. The van der Waals surface area contributed by atoms with Crippen molar-refractivity contribution in [1.29, 1.82) is 0 Å². The number of carbonyl (C=O) groups is 3. The van der Waals surface area contributed by atoms with Crippen molar-refractivity contribution in [3.8, 4) is 5.75 Å². The molecule has 0 spiro atoms. The molecule has 0 bridgehead atoms. The molecule has 0 saturated heterocycles. The molecule has 2 rings (SSSR count). The van der Waals surface area contributed by atoms with Gasteiger partial charge in [0, 0.05) is 9.90 Å². The van der Waals surface area contributed by atoms with Crippen LogP contribution in [-0.2, 0) is 25.5 Å². The summed E-state index contributed by atoms with van der Waals surface area (Å²) >= 11 is 7.29. The minimum Gasteiger partial charge on any atom is -0.484 e. The Morgan fingerprint density at radius 3 is 2.35 bits per heavy atom. The lowest BCUT2D eigenvalue weighted by Gasteiger charge is -2.09. The highest BCUT2D eigenvalue weighted by Gasteiger charge is 2.10. The summed E-state index contributed by atoms with van der Waals surface area (Å²) in [6.07, 6.45) is 0.756. The molecule has 2 aromatic rings. The highest BCUT2D eigenvalue weighted by atomic mass is 35.5. The molecule has 0 fully saturated rings. The number of hydrogen-bond donors (Lipinski definition) is 2. The smallest absolute Gasteiger partial charge is 0.306 e. The first-order valence-electron chi connectivity index (χ1n) is 7.67. The lowest BCUT2D eigenvalue weighted by atomic mass is 10.3. The number of amides is 2. The van der Waals surface area contributed by atoms with Crippen LogP contribution in [0.1, 0.15) is 11.3 Å². The lowest BCUT2D eigenvalue weighted by molar-refractivity contribution is -0.149. The van der Waals surface area contributed by atoms with Gasteiger partial charge in [-0.1, -0.05) is 17.7 Å². The molecule has 1 aromatic carbocycles. The first kappa shape index (κ1) is 19.7. The lowest BCUT2D eigenvalue weighted by Crippen LogP contribution is -2.45. The predicted octanol–water partition coefficient (Wildman–Crippen LogP) is 2.10. The largest absolute Gasteiger partial charge is 0.484 e. The van der Waals surface area contributed by atoms with Gasteiger partial charge in [-0.25, -0.2) is 0 Å². The van der Waals surface area contributed by atoms with E-state index in [1.54, 1.807) is 35.6 Å². The monoisotopic (exact) mass is 396 g/mol. The fourth-order valence-electron chi connectivity index (χ4n) is 1.79. The van der Waals surface area contributed by atoms with Crippen LogP contribution >= 0.6 is 22.9 Å². The van der Waals surface area contributed by atoms with Crippen molar-refractivity contribution in [3.63, 3.8) is 0 Å². The van der Waals surface area contributed by atoms with Crippen LogP contribution < -0.4 is 15.6 Å². The minimum absolute atomic E-state index is 0.190. The van der Waals surface area contributed by atoms with Crippen molar-refractivity contribution < 1.29 is 23.9 Å². The van der Waals surface area contributed by atoms with Crippen LogP contribution in [0.3, 0.4) is 0 Å². The summed E-state index contributed by atoms with van der Waals surface area (Å²) in [6.45, 7) is -0.760. The number of halogens is 1. The number of nitrogens with one attached hydrogen (secondary N) is 2. The van der Waals surface area contributed by atoms with Gasteiger partial charge in [0.1, 0.15) is 5.75 Å². The summed E-state index contributed by atoms with van der Waals surface area (Å²) in [5.41, 5.74) is 4.30. The third-order valence-corrected chi connectivity index (χ3v) is 4.23. The molecule has 0 atom stereocenters. The molecule has 0 unspecified atom stereocenters. The van der Waals surface area contributed by atoms with Gasteiger partial charge in [0.05, 0.1) is 6.42 Å². The van der Waals surface area contributed by atoms with Crippen LogP contribution in [0.2, 0.25) is 5.02 Å². The van der Waals surface area contributed by atoms with Crippen LogP contribution in [0.4, 0.5) is 0 Å². The zero-order valence-electron chi connectivity index (χ0n) is 13.7. The first-order chi connectivity index (χ1) is 12.5. The van der Waals surface area contributed by atoms with Crippen molar-refractivity contribution in [1.82, 2.24) is 10.9 Å². The van der Waals surface area contributed by atoms with Gasteiger partial charge in [-0.3, -0.25) is 25.2 Å². The Morgan fingerprint density at radius 2 is 1.69 bits per heavy atom. The van der Waals surface area contributed by atoms with Gasteiger partial charge in [0.25, 0.3) is 11.8 Å². The number of esters is 1. The Labute approximate surface area is 159 Å². The Morgan fingerprint density at radius 1 is 1.00 bits per heavy atom. The second kappa shape index (κ2) is 10.4. The molecule has 7 nitrogen and oxygen atoms in total. The molecule has 26 heavy (non-hydrogen) atoms. The summed E-state index contributed by atoms with van der Waals surface area (Å²) in [7, 11) is 0. The van der Waals surface area contributed by atoms with E-state index in [4.69, 9.17) is 21.1 Å². The molecule has 0 saturated carbocycles. The maximum Gasteiger partial charge on any atom is 0.306 e. The molecule has 0 aliphatic heterocycles. The molecule has 0 aliphatic carbocycles. The number of aryl methyl sites for hydroxylation is 1. The number of thiophene rings is 1. The van der Waals surface area contributed by atoms with Gasteiger partial charge < -0.3 is 9.47 Å². The topological polar surface area (TPSA) is 93.7 Å². The van der Waals surface area contributed by atoms with Crippen LogP contribution in [-0.4, -0.2) is 31.0 Å². The molecule has 0 radical (unpaired) electrons. The van der Waals surface area contributed by atoms with E-state index in [1.165, 1.54) is 0 Å². The quantitative estimate of drug-likeness (QED) is 0.526. The third kappa shape index (κ3) is 7.54. The molecule has 0 aliphatic rings. The Balaban J connectivity index is 1.56. The molecular formula is C17H17ClN2O5S. The molecular weight excluding hydrogens is 380 g/mol. The Kier molecular flexibility index (Phi) is 7.91. The van der Waals surface area contributed by atoms with Crippen molar-refractivity contribution in [2.75, 3.05) is 13.2 Å². The van der Waals surface area contributed by atoms with Gasteiger partial charge in [0.15, 0.2) is 13.2 Å². The number of rotatable bonds is 8. The van der Waals surface area contributed by atoms with E-state index in [-0.39, 0.29) is 13.0 Å². The summed E-state index contributed by atoms with van der Waals surface area (Å²) in [4.78, 5) is 35.7. The van der Waals surface area contributed by atoms with E-state index in [1.807, 2.05) is 17.5 Å². The zero-order valence-corrected chi connectivity index (χ0v) is 15.3. The van der Waals surface area contributed by atoms with Gasteiger partial charge in [-0.2, -0.15) is 0 Å². The number of carbonyl (C=O) groups excluding carboxylic acids is 3. The summed E-state index contributed by atoms with van der Waals surface area (Å²) < 4.78 is 10.0. The maximum atomic E-state index is 11.6. The average Bonchev–Trinajstić information content (AvgIpc) is 3.16. The van der Waals surface area contributed by atoms with E-state index >= 15 is 0 Å². The second-order valence-electron chi connectivity index (χ2n) is 5.08.